The van der Waals surface area contributed by atoms with E-state index in [1.54, 1.807) is 7.05 Å². The van der Waals surface area contributed by atoms with Gasteiger partial charge in [0, 0.05) is 24.5 Å². The van der Waals surface area contributed by atoms with Gasteiger partial charge in [-0.3, -0.25) is 9.36 Å². The Morgan fingerprint density at radius 3 is 2.16 bits per heavy atom. The second-order valence-corrected chi connectivity index (χ2v) is 7.21. The highest BCUT2D eigenvalue weighted by Gasteiger charge is 2.35. The van der Waals surface area contributed by atoms with Crippen molar-refractivity contribution in [2.45, 2.75) is 71.5 Å². The van der Waals surface area contributed by atoms with E-state index >= 15 is 0 Å². The minimum Gasteiger partial charge on any atom is -0.272 e. The Labute approximate surface area is 147 Å². The van der Waals surface area contributed by atoms with E-state index in [4.69, 9.17) is 0 Å². The number of aromatic nitrogens is 4. The van der Waals surface area contributed by atoms with Crippen molar-refractivity contribution in [2.75, 3.05) is 0 Å². The molecule has 0 radical (unpaired) electrons. The first kappa shape index (κ1) is 19.5. The topological polar surface area (TPSA) is 35.6 Å². The van der Waals surface area contributed by atoms with Crippen LogP contribution in [0.1, 0.15) is 81.2 Å². The van der Waals surface area contributed by atoms with Crippen LogP contribution in [0.4, 0.5) is 13.2 Å². The predicted octanol–water partition coefficient (Wildman–Crippen LogP) is 5.21. The third-order valence-corrected chi connectivity index (χ3v) is 4.62. The summed E-state index contributed by atoms with van der Waals surface area (Å²) in [6, 6.07) is 3.46. The summed E-state index contributed by atoms with van der Waals surface area (Å²) >= 11 is 0. The van der Waals surface area contributed by atoms with Gasteiger partial charge in [0.2, 0.25) is 0 Å². The van der Waals surface area contributed by atoms with Crippen molar-refractivity contribution >= 4 is 0 Å². The molecule has 2 unspecified atom stereocenters. The zero-order valence-electron chi connectivity index (χ0n) is 15.7. The van der Waals surface area contributed by atoms with E-state index in [1.807, 2.05) is 13.8 Å². The highest BCUT2D eigenvalue weighted by Crippen LogP contribution is 2.32. The molecule has 0 aliphatic heterocycles. The third kappa shape index (κ3) is 4.44. The molecular weight excluding hydrogens is 329 g/mol. The number of hydrogen-bond donors (Lipinski definition) is 0. The Balaban J connectivity index is 2.07. The summed E-state index contributed by atoms with van der Waals surface area (Å²) in [6.45, 7) is 10.3. The molecule has 0 aromatic carbocycles. The van der Waals surface area contributed by atoms with E-state index in [2.05, 4.69) is 41.7 Å². The summed E-state index contributed by atoms with van der Waals surface area (Å²) in [7, 11) is 1.57. The molecule has 140 valence electrons. The van der Waals surface area contributed by atoms with Gasteiger partial charge in [0.05, 0.1) is 5.69 Å². The van der Waals surface area contributed by atoms with Crippen molar-refractivity contribution in [1.82, 2.24) is 19.6 Å². The van der Waals surface area contributed by atoms with E-state index in [-0.39, 0.29) is 12.0 Å². The van der Waals surface area contributed by atoms with Gasteiger partial charge in [-0.2, -0.15) is 23.4 Å². The molecule has 0 aliphatic carbocycles. The first-order valence-corrected chi connectivity index (χ1v) is 8.67. The number of rotatable bonds is 6. The molecule has 2 atom stereocenters. The molecular formula is C18H27F3N4. The fourth-order valence-corrected chi connectivity index (χ4v) is 3.16. The van der Waals surface area contributed by atoms with Gasteiger partial charge in [0.25, 0.3) is 0 Å². The molecule has 0 spiro atoms. The van der Waals surface area contributed by atoms with E-state index in [0.717, 1.165) is 24.6 Å². The van der Waals surface area contributed by atoms with Gasteiger partial charge in [-0.25, -0.2) is 0 Å². The molecule has 0 aliphatic rings. The molecule has 2 aromatic rings. The van der Waals surface area contributed by atoms with Crippen molar-refractivity contribution in [3.63, 3.8) is 0 Å². The highest BCUT2D eigenvalue weighted by molar-refractivity contribution is 5.17. The zero-order chi connectivity index (χ0) is 18.9. The number of hydrogen-bond acceptors (Lipinski definition) is 2. The Hall–Kier alpha value is -1.79. The van der Waals surface area contributed by atoms with Gasteiger partial charge < -0.3 is 0 Å². The quantitative estimate of drug-likeness (QED) is 0.712. The van der Waals surface area contributed by atoms with Crippen molar-refractivity contribution in [1.29, 1.82) is 0 Å². The van der Waals surface area contributed by atoms with E-state index < -0.39 is 11.9 Å². The molecule has 0 saturated carbocycles. The Morgan fingerprint density at radius 2 is 1.64 bits per heavy atom. The highest BCUT2D eigenvalue weighted by atomic mass is 19.4. The van der Waals surface area contributed by atoms with E-state index in [0.29, 0.717) is 11.6 Å². The van der Waals surface area contributed by atoms with Crippen molar-refractivity contribution in [2.24, 2.45) is 7.05 Å². The number of aryl methyl sites for hydroxylation is 2. The van der Waals surface area contributed by atoms with Gasteiger partial charge in [0.1, 0.15) is 0 Å². The lowest BCUT2D eigenvalue weighted by Crippen LogP contribution is -2.13. The van der Waals surface area contributed by atoms with Crippen LogP contribution in [0.3, 0.4) is 0 Å². The molecule has 7 heteroatoms. The van der Waals surface area contributed by atoms with Crippen LogP contribution in [0.25, 0.3) is 0 Å². The molecule has 0 fully saturated rings. The zero-order valence-corrected chi connectivity index (χ0v) is 15.7. The Morgan fingerprint density at radius 1 is 1.00 bits per heavy atom. The van der Waals surface area contributed by atoms with Crippen LogP contribution in [0.5, 0.6) is 0 Å². The first-order valence-electron chi connectivity index (χ1n) is 8.67. The smallest absolute Gasteiger partial charge is 0.272 e. The van der Waals surface area contributed by atoms with Crippen LogP contribution in [-0.2, 0) is 13.2 Å². The summed E-state index contributed by atoms with van der Waals surface area (Å²) in [5.41, 5.74) is 1.97. The molecule has 0 amide bonds. The van der Waals surface area contributed by atoms with Gasteiger partial charge in [-0.05, 0) is 50.7 Å². The second-order valence-electron chi connectivity index (χ2n) is 7.21. The SMILES string of the molecule is Cc1cc(C(C)C)n(C(C)CCC(C)c2cc(C(F)(F)F)nn2C)n1. The summed E-state index contributed by atoms with van der Waals surface area (Å²) in [4.78, 5) is 0. The fourth-order valence-electron chi connectivity index (χ4n) is 3.16. The molecule has 2 rings (SSSR count). The molecule has 2 heterocycles. The molecule has 0 bridgehead atoms. The lowest BCUT2D eigenvalue weighted by atomic mass is 9.98. The van der Waals surface area contributed by atoms with Crippen LogP contribution in [0.15, 0.2) is 12.1 Å². The van der Waals surface area contributed by atoms with Crippen molar-refractivity contribution in [3.05, 3.63) is 34.9 Å². The summed E-state index contributed by atoms with van der Waals surface area (Å²) in [6.07, 6.45) is -2.79. The monoisotopic (exact) mass is 356 g/mol. The number of alkyl halides is 3. The van der Waals surface area contributed by atoms with E-state index in [9.17, 15) is 13.2 Å². The van der Waals surface area contributed by atoms with Gasteiger partial charge in [-0.15, -0.1) is 0 Å². The third-order valence-electron chi connectivity index (χ3n) is 4.62. The largest absolute Gasteiger partial charge is 0.435 e. The minimum absolute atomic E-state index is 0.00444. The number of halogens is 3. The van der Waals surface area contributed by atoms with Gasteiger partial charge >= 0.3 is 6.18 Å². The summed E-state index contributed by atoms with van der Waals surface area (Å²) < 4.78 is 41.8. The Kier molecular flexibility index (Phi) is 5.64. The summed E-state index contributed by atoms with van der Waals surface area (Å²) in [5.74, 6) is 0.378. The van der Waals surface area contributed by atoms with Crippen LogP contribution in [0.2, 0.25) is 0 Å². The lowest BCUT2D eigenvalue weighted by molar-refractivity contribution is -0.141. The maximum absolute atomic E-state index is 12.8. The standard InChI is InChI=1S/C18H27F3N4/c1-11(2)15-9-13(4)22-25(15)14(5)8-7-12(3)16-10-17(18(19,20)21)23-24(16)6/h9-12,14H,7-8H2,1-6H3. The first-order chi connectivity index (χ1) is 11.5. The van der Waals surface area contributed by atoms with E-state index in [1.165, 1.54) is 10.4 Å². The average molecular weight is 356 g/mol. The maximum atomic E-state index is 12.8. The van der Waals surface area contributed by atoms with Gasteiger partial charge in [-0.1, -0.05) is 20.8 Å². The average Bonchev–Trinajstić information content (AvgIpc) is 3.07. The molecule has 0 N–H and O–H groups in total. The minimum atomic E-state index is -4.40. The van der Waals surface area contributed by atoms with Crippen LogP contribution < -0.4 is 0 Å². The van der Waals surface area contributed by atoms with Crippen LogP contribution in [0, 0.1) is 6.92 Å². The summed E-state index contributed by atoms with van der Waals surface area (Å²) in [5, 5.41) is 8.19. The predicted molar refractivity (Wildman–Crippen MR) is 91.6 cm³/mol. The lowest BCUT2D eigenvalue weighted by Gasteiger charge is -2.19. The van der Waals surface area contributed by atoms with Crippen molar-refractivity contribution < 1.29 is 13.2 Å². The molecule has 0 saturated heterocycles. The van der Waals surface area contributed by atoms with Crippen molar-refractivity contribution in [3.8, 4) is 0 Å². The maximum Gasteiger partial charge on any atom is 0.435 e. The molecule has 25 heavy (non-hydrogen) atoms. The van der Waals surface area contributed by atoms with Gasteiger partial charge in [0.15, 0.2) is 5.69 Å². The van der Waals surface area contributed by atoms with Crippen LogP contribution in [-0.4, -0.2) is 19.6 Å². The Bertz CT molecular complexity index is 712. The molecule has 2 aromatic heterocycles. The van der Waals surface area contributed by atoms with Crippen LogP contribution >= 0.6 is 0 Å². The fraction of sp³-hybridized carbons (Fsp3) is 0.667. The number of nitrogens with zero attached hydrogens (tertiary/aromatic N) is 4. The molecule has 4 nitrogen and oxygen atoms in total. The normalized spacial score (nSPS) is 15.0. The second kappa shape index (κ2) is 7.22.